The molecule has 1 aromatic heterocycles. The summed E-state index contributed by atoms with van der Waals surface area (Å²) in [5.41, 5.74) is 3.15. The first-order valence-corrected chi connectivity index (χ1v) is 9.56. The molecule has 1 N–H and O–H groups in total. The van der Waals surface area contributed by atoms with Crippen LogP contribution in [-0.4, -0.2) is 46.9 Å². The molecule has 1 amide bonds. The first-order chi connectivity index (χ1) is 12.1. The van der Waals surface area contributed by atoms with Gasteiger partial charge in [0.05, 0.1) is 29.5 Å². The molecule has 1 saturated heterocycles. The monoisotopic (exact) mass is 454 g/mol. The van der Waals surface area contributed by atoms with Crippen LogP contribution >= 0.6 is 22.6 Å². The fourth-order valence-electron chi connectivity index (χ4n) is 2.84. The maximum absolute atomic E-state index is 12.2. The highest BCUT2D eigenvalue weighted by Crippen LogP contribution is 2.14. The van der Waals surface area contributed by atoms with E-state index in [9.17, 15) is 4.79 Å². The molecule has 1 aromatic carbocycles. The lowest BCUT2D eigenvalue weighted by molar-refractivity contribution is -0.116. The van der Waals surface area contributed by atoms with Gasteiger partial charge in [-0.05, 0) is 47.2 Å². The molecule has 0 unspecified atom stereocenters. The van der Waals surface area contributed by atoms with Crippen LogP contribution in [0.2, 0.25) is 0 Å². The number of carbonyl (C=O) groups is 1. The van der Waals surface area contributed by atoms with Crippen molar-refractivity contribution in [2.45, 2.75) is 26.4 Å². The fourth-order valence-corrected chi connectivity index (χ4v) is 3.25. The lowest BCUT2D eigenvalue weighted by atomic mass is 10.1. The number of ether oxygens (including phenoxy) is 1. The third-order valence-corrected chi connectivity index (χ3v) is 5.37. The number of aromatic nitrogens is 2. The SMILES string of the molecule is Cc1c(I)cnn1CCC(=O)Nc1cccc(CN2CCOCC2)c1. The van der Waals surface area contributed by atoms with Gasteiger partial charge in [0.2, 0.25) is 5.91 Å². The molecule has 7 heteroatoms. The van der Waals surface area contributed by atoms with Crippen molar-refractivity contribution in [3.63, 3.8) is 0 Å². The van der Waals surface area contributed by atoms with E-state index in [1.165, 1.54) is 5.56 Å². The summed E-state index contributed by atoms with van der Waals surface area (Å²) in [5, 5.41) is 7.28. The lowest BCUT2D eigenvalue weighted by Gasteiger charge is -2.26. The van der Waals surface area contributed by atoms with Gasteiger partial charge < -0.3 is 10.1 Å². The van der Waals surface area contributed by atoms with E-state index in [2.05, 4.69) is 50.0 Å². The number of hydrogen-bond donors (Lipinski definition) is 1. The van der Waals surface area contributed by atoms with Crippen molar-refractivity contribution >= 4 is 34.2 Å². The Kier molecular flexibility index (Phi) is 6.44. The summed E-state index contributed by atoms with van der Waals surface area (Å²) in [7, 11) is 0. The normalized spacial score (nSPS) is 15.3. The molecule has 0 bridgehead atoms. The van der Waals surface area contributed by atoms with Crippen LogP contribution in [0, 0.1) is 10.5 Å². The highest BCUT2D eigenvalue weighted by molar-refractivity contribution is 14.1. The summed E-state index contributed by atoms with van der Waals surface area (Å²) >= 11 is 2.25. The average Bonchev–Trinajstić information content (AvgIpc) is 2.93. The van der Waals surface area contributed by atoms with Gasteiger partial charge in [0.15, 0.2) is 0 Å². The summed E-state index contributed by atoms with van der Waals surface area (Å²) in [4.78, 5) is 14.6. The second-order valence-corrected chi connectivity index (χ2v) is 7.35. The van der Waals surface area contributed by atoms with E-state index < -0.39 is 0 Å². The second kappa shape index (κ2) is 8.77. The molecule has 0 radical (unpaired) electrons. The van der Waals surface area contributed by atoms with Crippen molar-refractivity contribution in [3.8, 4) is 0 Å². The summed E-state index contributed by atoms with van der Waals surface area (Å²) < 4.78 is 8.37. The number of benzene rings is 1. The Bertz CT molecular complexity index is 726. The van der Waals surface area contributed by atoms with Crippen LogP contribution in [0.25, 0.3) is 0 Å². The van der Waals surface area contributed by atoms with Crippen molar-refractivity contribution in [1.29, 1.82) is 0 Å². The predicted molar refractivity (Wildman–Crippen MR) is 105 cm³/mol. The molecular formula is C18H23IN4O2. The maximum Gasteiger partial charge on any atom is 0.226 e. The minimum absolute atomic E-state index is 0.00781. The van der Waals surface area contributed by atoms with E-state index in [0.29, 0.717) is 13.0 Å². The number of aryl methyl sites for hydroxylation is 1. The highest BCUT2D eigenvalue weighted by Gasteiger charge is 2.11. The molecule has 0 saturated carbocycles. The summed E-state index contributed by atoms with van der Waals surface area (Å²) in [6.07, 6.45) is 2.23. The first kappa shape index (κ1) is 18.3. The molecule has 0 spiro atoms. The Balaban J connectivity index is 1.52. The Labute approximate surface area is 161 Å². The molecule has 3 rings (SSSR count). The zero-order chi connectivity index (χ0) is 17.6. The van der Waals surface area contributed by atoms with Crippen LogP contribution < -0.4 is 5.32 Å². The second-order valence-electron chi connectivity index (χ2n) is 6.19. The number of anilines is 1. The quantitative estimate of drug-likeness (QED) is 0.683. The van der Waals surface area contributed by atoms with Crippen LogP contribution in [0.5, 0.6) is 0 Å². The number of nitrogens with zero attached hydrogens (tertiary/aromatic N) is 3. The van der Waals surface area contributed by atoms with E-state index in [1.54, 1.807) is 0 Å². The number of amides is 1. The highest BCUT2D eigenvalue weighted by atomic mass is 127. The molecule has 0 aliphatic carbocycles. The number of carbonyl (C=O) groups excluding carboxylic acids is 1. The number of rotatable bonds is 6. The van der Waals surface area contributed by atoms with Crippen molar-refractivity contribution in [2.24, 2.45) is 0 Å². The van der Waals surface area contributed by atoms with Crippen molar-refractivity contribution < 1.29 is 9.53 Å². The average molecular weight is 454 g/mol. The Hall–Kier alpha value is -1.45. The molecule has 6 nitrogen and oxygen atoms in total. The third kappa shape index (κ3) is 5.26. The van der Waals surface area contributed by atoms with E-state index >= 15 is 0 Å². The van der Waals surface area contributed by atoms with E-state index in [-0.39, 0.29) is 5.91 Å². The Morgan fingerprint density at radius 1 is 1.36 bits per heavy atom. The summed E-state index contributed by atoms with van der Waals surface area (Å²) in [6, 6.07) is 8.07. The minimum atomic E-state index is 0.00781. The Morgan fingerprint density at radius 2 is 2.16 bits per heavy atom. The van der Waals surface area contributed by atoms with E-state index in [1.807, 2.05) is 29.9 Å². The Morgan fingerprint density at radius 3 is 2.88 bits per heavy atom. The maximum atomic E-state index is 12.2. The zero-order valence-corrected chi connectivity index (χ0v) is 16.5. The number of morpholine rings is 1. The largest absolute Gasteiger partial charge is 0.379 e. The van der Waals surface area contributed by atoms with Gasteiger partial charge in [-0.2, -0.15) is 5.10 Å². The molecular weight excluding hydrogens is 431 g/mol. The molecule has 1 aliphatic heterocycles. The summed E-state index contributed by atoms with van der Waals surface area (Å²) in [6.45, 7) is 7.00. The minimum Gasteiger partial charge on any atom is -0.379 e. The van der Waals surface area contributed by atoms with E-state index in [0.717, 1.165) is 47.8 Å². The van der Waals surface area contributed by atoms with Gasteiger partial charge in [-0.3, -0.25) is 14.4 Å². The van der Waals surface area contributed by atoms with Gasteiger partial charge in [-0.1, -0.05) is 12.1 Å². The molecule has 2 heterocycles. The van der Waals surface area contributed by atoms with Gasteiger partial charge in [-0.15, -0.1) is 0 Å². The molecule has 134 valence electrons. The van der Waals surface area contributed by atoms with Gasteiger partial charge in [0.25, 0.3) is 0 Å². The molecule has 25 heavy (non-hydrogen) atoms. The molecule has 1 aliphatic rings. The third-order valence-electron chi connectivity index (χ3n) is 4.31. The number of nitrogens with one attached hydrogen (secondary N) is 1. The van der Waals surface area contributed by atoms with Crippen LogP contribution in [0.4, 0.5) is 5.69 Å². The van der Waals surface area contributed by atoms with Crippen LogP contribution in [0.15, 0.2) is 30.5 Å². The standard InChI is InChI=1S/C18H23IN4O2/c1-14-17(19)12-20-23(14)6-5-18(24)21-16-4-2-3-15(11-16)13-22-7-9-25-10-8-22/h2-4,11-12H,5-10,13H2,1H3,(H,21,24). The van der Waals surface area contributed by atoms with Gasteiger partial charge in [-0.25, -0.2) is 0 Å². The lowest BCUT2D eigenvalue weighted by Crippen LogP contribution is -2.35. The molecule has 1 fully saturated rings. The molecule has 2 aromatic rings. The smallest absolute Gasteiger partial charge is 0.226 e. The number of halogens is 1. The van der Waals surface area contributed by atoms with Crippen molar-refractivity contribution in [2.75, 3.05) is 31.6 Å². The molecule has 0 atom stereocenters. The van der Waals surface area contributed by atoms with Gasteiger partial charge >= 0.3 is 0 Å². The van der Waals surface area contributed by atoms with Crippen molar-refractivity contribution in [1.82, 2.24) is 14.7 Å². The first-order valence-electron chi connectivity index (χ1n) is 8.48. The summed E-state index contributed by atoms with van der Waals surface area (Å²) in [5.74, 6) is 0.00781. The van der Waals surface area contributed by atoms with Crippen LogP contribution in [0.3, 0.4) is 0 Å². The fraction of sp³-hybridized carbons (Fsp3) is 0.444. The number of hydrogen-bond acceptors (Lipinski definition) is 4. The van der Waals surface area contributed by atoms with Gasteiger partial charge in [0, 0.05) is 37.4 Å². The topological polar surface area (TPSA) is 59.4 Å². The predicted octanol–water partition coefficient (Wildman–Crippen LogP) is 2.66. The van der Waals surface area contributed by atoms with Crippen LogP contribution in [0.1, 0.15) is 17.7 Å². The van der Waals surface area contributed by atoms with Gasteiger partial charge in [0.1, 0.15) is 0 Å². The van der Waals surface area contributed by atoms with E-state index in [4.69, 9.17) is 4.74 Å². The zero-order valence-electron chi connectivity index (χ0n) is 14.4. The van der Waals surface area contributed by atoms with Crippen molar-refractivity contribution in [3.05, 3.63) is 45.3 Å². The van der Waals surface area contributed by atoms with Crippen LogP contribution in [-0.2, 0) is 22.6 Å².